The molecule has 1 atom stereocenters. The van der Waals surface area contributed by atoms with Crippen LogP contribution in [0.1, 0.15) is 6.92 Å². The summed E-state index contributed by atoms with van der Waals surface area (Å²) < 4.78 is 58.1. The number of rotatable bonds is 5. The van der Waals surface area contributed by atoms with Gasteiger partial charge in [-0.05, 0) is 19.1 Å². The van der Waals surface area contributed by atoms with Crippen LogP contribution in [-0.4, -0.2) is 52.2 Å². The van der Waals surface area contributed by atoms with Crippen LogP contribution in [0.5, 0.6) is 0 Å². The largest absolute Gasteiger partial charge is 0.379 e. The minimum Gasteiger partial charge on any atom is -0.379 e. The van der Waals surface area contributed by atoms with E-state index in [0.717, 1.165) is 25.2 Å². The Morgan fingerprint density at radius 1 is 1.24 bits per heavy atom. The predicted molar refractivity (Wildman–Crippen MR) is 73.4 cm³/mol. The van der Waals surface area contributed by atoms with E-state index >= 15 is 0 Å². The third kappa shape index (κ3) is 4.70. The second-order valence-electron chi connectivity index (χ2n) is 5.04. The SMILES string of the molecule is C[C@@H](CN1CCOCC1)NS(=O)(=O)c1cc(F)cc(F)c1. The first-order valence-electron chi connectivity index (χ1n) is 6.65. The highest BCUT2D eigenvalue weighted by Crippen LogP contribution is 2.14. The molecule has 0 radical (unpaired) electrons. The van der Waals surface area contributed by atoms with E-state index in [4.69, 9.17) is 4.74 Å². The summed E-state index contributed by atoms with van der Waals surface area (Å²) in [5, 5.41) is 0. The van der Waals surface area contributed by atoms with Crippen LogP contribution < -0.4 is 4.72 Å². The van der Waals surface area contributed by atoms with Crippen molar-refractivity contribution in [2.45, 2.75) is 17.9 Å². The van der Waals surface area contributed by atoms with Crippen LogP contribution >= 0.6 is 0 Å². The minimum absolute atomic E-state index is 0.376. The number of benzene rings is 1. The molecule has 0 spiro atoms. The summed E-state index contributed by atoms with van der Waals surface area (Å²) in [5.41, 5.74) is 0. The lowest BCUT2D eigenvalue weighted by Gasteiger charge is -2.29. The molecule has 1 fully saturated rings. The van der Waals surface area contributed by atoms with Crippen molar-refractivity contribution >= 4 is 10.0 Å². The number of hydrogen-bond donors (Lipinski definition) is 1. The Morgan fingerprint density at radius 2 is 1.81 bits per heavy atom. The minimum atomic E-state index is -3.94. The summed E-state index contributed by atoms with van der Waals surface area (Å²) in [6.07, 6.45) is 0. The molecule has 1 N–H and O–H groups in total. The van der Waals surface area contributed by atoms with E-state index in [-0.39, 0.29) is 6.04 Å². The summed E-state index contributed by atoms with van der Waals surface area (Å²) >= 11 is 0. The summed E-state index contributed by atoms with van der Waals surface area (Å²) in [5.74, 6) is -1.84. The molecular formula is C13H18F2N2O3S. The van der Waals surface area contributed by atoms with Crippen molar-refractivity contribution in [2.24, 2.45) is 0 Å². The molecule has 0 saturated carbocycles. The van der Waals surface area contributed by atoms with E-state index < -0.39 is 26.6 Å². The topological polar surface area (TPSA) is 58.6 Å². The normalized spacial score (nSPS) is 18.6. The van der Waals surface area contributed by atoms with Gasteiger partial charge in [-0.2, -0.15) is 0 Å². The van der Waals surface area contributed by atoms with Gasteiger partial charge in [-0.1, -0.05) is 0 Å². The summed E-state index contributed by atoms with van der Waals surface area (Å²) in [6.45, 7) is 4.94. The number of nitrogens with one attached hydrogen (secondary N) is 1. The van der Waals surface area contributed by atoms with Gasteiger partial charge in [0, 0.05) is 31.7 Å². The molecule has 8 heteroatoms. The Labute approximate surface area is 122 Å². The molecule has 0 amide bonds. The second-order valence-corrected chi connectivity index (χ2v) is 6.75. The number of sulfonamides is 1. The highest BCUT2D eigenvalue weighted by Gasteiger charge is 2.21. The van der Waals surface area contributed by atoms with Gasteiger partial charge < -0.3 is 4.74 Å². The zero-order chi connectivity index (χ0) is 15.5. The lowest BCUT2D eigenvalue weighted by molar-refractivity contribution is 0.0354. The molecule has 0 bridgehead atoms. The molecule has 1 heterocycles. The molecule has 1 aromatic rings. The molecule has 5 nitrogen and oxygen atoms in total. The van der Waals surface area contributed by atoms with Crippen LogP contribution in [0.4, 0.5) is 8.78 Å². The Balaban J connectivity index is 2.02. The van der Waals surface area contributed by atoms with Gasteiger partial charge in [0.15, 0.2) is 0 Å². The fourth-order valence-electron chi connectivity index (χ4n) is 2.22. The van der Waals surface area contributed by atoms with Crippen molar-refractivity contribution in [1.29, 1.82) is 0 Å². The van der Waals surface area contributed by atoms with E-state index in [2.05, 4.69) is 9.62 Å². The first kappa shape index (κ1) is 16.3. The van der Waals surface area contributed by atoms with Crippen molar-refractivity contribution in [1.82, 2.24) is 9.62 Å². The fraction of sp³-hybridized carbons (Fsp3) is 0.538. The first-order chi connectivity index (χ1) is 9.87. The molecular weight excluding hydrogens is 302 g/mol. The van der Waals surface area contributed by atoms with E-state index in [9.17, 15) is 17.2 Å². The van der Waals surface area contributed by atoms with E-state index in [1.807, 2.05) is 0 Å². The van der Waals surface area contributed by atoms with Crippen molar-refractivity contribution < 1.29 is 21.9 Å². The van der Waals surface area contributed by atoms with Crippen LogP contribution in [0, 0.1) is 11.6 Å². The smallest absolute Gasteiger partial charge is 0.241 e. The Hall–Kier alpha value is -1.09. The van der Waals surface area contributed by atoms with E-state index in [1.54, 1.807) is 6.92 Å². The molecule has 118 valence electrons. The third-order valence-corrected chi connectivity index (χ3v) is 4.71. The van der Waals surface area contributed by atoms with Crippen LogP contribution in [0.25, 0.3) is 0 Å². The molecule has 0 aromatic heterocycles. The van der Waals surface area contributed by atoms with Gasteiger partial charge in [0.2, 0.25) is 10.0 Å². The molecule has 1 aromatic carbocycles. The Morgan fingerprint density at radius 3 is 2.38 bits per heavy atom. The predicted octanol–water partition coefficient (Wildman–Crippen LogP) is 0.964. The van der Waals surface area contributed by atoms with Gasteiger partial charge in [0.05, 0.1) is 18.1 Å². The molecule has 1 saturated heterocycles. The fourth-order valence-corrected chi connectivity index (χ4v) is 3.50. The van der Waals surface area contributed by atoms with Crippen LogP contribution in [0.2, 0.25) is 0 Å². The van der Waals surface area contributed by atoms with Gasteiger partial charge in [-0.25, -0.2) is 21.9 Å². The standard InChI is InChI=1S/C13H18F2N2O3S/c1-10(9-17-2-4-20-5-3-17)16-21(18,19)13-7-11(14)6-12(15)8-13/h6-8,10,16H,2-5,9H2,1H3/t10-/m0/s1. The number of nitrogens with zero attached hydrogens (tertiary/aromatic N) is 1. The van der Waals surface area contributed by atoms with Crippen LogP contribution in [0.15, 0.2) is 23.1 Å². The quantitative estimate of drug-likeness (QED) is 0.878. The highest BCUT2D eigenvalue weighted by molar-refractivity contribution is 7.89. The van der Waals surface area contributed by atoms with Crippen molar-refractivity contribution in [3.8, 4) is 0 Å². The monoisotopic (exact) mass is 320 g/mol. The maximum Gasteiger partial charge on any atom is 0.241 e. The molecule has 0 aliphatic carbocycles. The maximum absolute atomic E-state index is 13.1. The summed E-state index contributed by atoms with van der Waals surface area (Å²) in [7, 11) is -3.94. The second kappa shape index (κ2) is 6.78. The summed E-state index contributed by atoms with van der Waals surface area (Å²) in [6, 6.07) is 1.86. The van der Waals surface area contributed by atoms with E-state index in [1.165, 1.54) is 0 Å². The lowest BCUT2D eigenvalue weighted by Crippen LogP contribution is -2.45. The van der Waals surface area contributed by atoms with Gasteiger partial charge in [0.1, 0.15) is 11.6 Å². The third-order valence-electron chi connectivity index (χ3n) is 3.14. The molecule has 21 heavy (non-hydrogen) atoms. The summed E-state index contributed by atoms with van der Waals surface area (Å²) in [4.78, 5) is 1.66. The maximum atomic E-state index is 13.1. The zero-order valence-electron chi connectivity index (χ0n) is 11.7. The highest BCUT2D eigenvalue weighted by atomic mass is 32.2. The number of halogens is 2. The van der Waals surface area contributed by atoms with Gasteiger partial charge in [0.25, 0.3) is 0 Å². The average molecular weight is 320 g/mol. The Kier molecular flexibility index (Phi) is 5.26. The van der Waals surface area contributed by atoms with Gasteiger partial charge in [-0.15, -0.1) is 0 Å². The van der Waals surface area contributed by atoms with Crippen molar-refractivity contribution in [3.05, 3.63) is 29.8 Å². The number of morpholine rings is 1. The molecule has 1 aliphatic heterocycles. The first-order valence-corrected chi connectivity index (χ1v) is 8.14. The van der Waals surface area contributed by atoms with Crippen LogP contribution in [-0.2, 0) is 14.8 Å². The van der Waals surface area contributed by atoms with Crippen molar-refractivity contribution in [2.75, 3.05) is 32.8 Å². The molecule has 1 aliphatic rings. The zero-order valence-corrected chi connectivity index (χ0v) is 12.5. The molecule has 0 unspecified atom stereocenters. The Bertz CT molecular complexity index is 569. The average Bonchev–Trinajstić information content (AvgIpc) is 2.37. The number of hydrogen-bond acceptors (Lipinski definition) is 4. The number of ether oxygens (including phenoxy) is 1. The van der Waals surface area contributed by atoms with Gasteiger partial charge in [-0.3, -0.25) is 4.90 Å². The van der Waals surface area contributed by atoms with Crippen LogP contribution in [0.3, 0.4) is 0 Å². The molecule has 2 rings (SSSR count). The van der Waals surface area contributed by atoms with Crippen molar-refractivity contribution in [3.63, 3.8) is 0 Å². The van der Waals surface area contributed by atoms with Gasteiger partial charge >= 0.3 is 0 Å². The lowest BCUT2D eigenvalue weighted by atomic mass is 10.3. The van der Waals surface area contributed by atoms with E-state index in [0.29, 0.717) is 25.8 Å².